The fourth-order valence-corrected chi connectivity index (χ4v) is 3.90. The van der Waals surface area contributed by atoms with Gasteiger partial charge in [0.15, 0.2) is 5.84 Å². The maximum atomic E-state index is 12.8. The van der Waals surface area contributed by atoms with Crippen LogP contribution in [0.25, 0.3) is 5.57 Å². The van der Waals surface area contributed by atoms with E-state index in [2.05, 4.69) is 59.5 Å². The molecule has 1 heterocycles. The smallest absolute Gasteiger partial charge is 0.290 e. The molecule has 0 fully saturated rings. The zero-order valence-electron chi connectivity index (χ0n) is 19.9. The highest BCUT2D eigenvalue weighted by atomic mass is 16.5. The van der Waals surface area contributed by atoms with Gasteiger partial charge in [0.2, 0.25) is 0 Å². The number of carbonyl (C=O) groups excluding carboxylic acids is 1. The van der Waals surface area contributed by atoms with Crippen LogP contribution in [0.5, 0.6) is 0 Å². The number of amidine groups is 1. The summed E-state index contributed by atoms with van der Waals surface area (Å²) in [4.78, 5) is 19.1. The predicted molar refractivity (Wildman–Crippen MR) is 128 cm³/mol. The lowest BCUT2D eigenvalue weighted by Gasteiger charge is -2.29. The molecule has 1 aromatic carbocycles. The number of ether oxygens (including phenoxy) is 1. The highest BCUT2D eigenvalue weighted by Crippen LogP contribution is 2.37. The molecule has 0 aromatic heterocycles. The maximum absolute atomic E-state index is 12.8. The normalized spacial score (nSPS) is 20.9. The molecule has 0 spiro atoms. The minimum Gasteiger partial charge on any atom is -0.370 e. The van der Waals surface area contributed by atoms with E-state index in [1.54, 1.807) is 0 Å². The number of anilines is 1. The average Bonchev–Trinajstić information content (AvgIpc) is 3.24. The fraction of sp³-hybridized carbons (Fsp3) is 0.560. The molecule has 1 aliphatic heterocycles. The van der Waals surface area contributed by atoms with Crippen LogP contribution in [0.3, 0.4) is 0 Å². The molecule has 2 atom stereocenters. The third-order valence-corrected chi connectivity index (χ3v) is 6.10. The summed E-state index contributed by atoms with van der Waals surface area (Å²) >= 11 is 0. The van der Waals surface area contributed by atoms with Crippen molar-refractivity contribution in [3.8, 4) is 6.07 Å². The van der Waals surface area contributed by atoms with Crippen LogP contribution in [0, 0.1) is 17.2 Å². The first-order valence-electron chi connectivity index (χ1n) is 11.3. The highest BCUT2D eigenvalue weighted by Gasteiger charge is 2.26. The second-order valence-electron chi connectivity index (χ2n) is 9.50. The number of benzene rings is 1. The van der Waals surface area contributed by atoms with Gasteiger partial charge in [0.25, 0.3) is 5.91 Å². The number of nitrogens with zero attached hydrogens (tertiary/aromatic N) is 3. The van der Waals surface area contributed by atoms with Crippen LogP contribution in [0.1, 0.15) is 51.2 Å². The number of nitriles is 1. The van der Waals surface area contributed by atoms with E-state index in [9.17, 15) is 4.79 Å². The molecule has 2 N–H and O–H groups in total. The van der Waals surface area contributed by atoms with Gasteiger partial charge in [-0.05, 0) is 76.4 Å². The zero-order chi connectivity index (χ0) is 23.3. The molecule has 0 radical (unpaired) electrons. The van der Waals surface area contributed by atoms with E-state index in [1.807, 2.05) is 26.2 Å². The Morgan fingerprint density at radius 1 is 1.41 bits per heavy atom. The summed E-state index contributed by atoms with van der Waals surface area (Å²) in [6, 6.07) is 7.77. The van der Waals surface area contributed by atoms with Gasteiger partial charge in [-0.1, -0.05) is 19.1 Å². The van der Waals surface area contributed by atoms with Crippen LogP contribution in [-0.2, 0) is 15.1 Å². The van der Waals surface area contributed by atoms with E-state index >= 15 is 0 Å². The Morgan fingerprint density at radius 2 is 2.19 bits per heavy atom. The summed E-state index contributed by atoms with van der Waals surface area (Å²) in [5, 5.41) is 14.9. The predicted octanol–water partition coefficient (Wildman–Crippen LogP) is 3.54. The molecule has 3 rings (SSSR count). The molecule has 32 heavy (non-hydrogen) atoms. The Hall–Kier alpha value is -2.69. The summed E-state index contributed by atoms with van der Waals surface area (Å²) < 4.78 is 6.20. The molecule has 7 nitrogen and oxygen atoms in total. The van der Waals surface area contributed by atoms with Gasteiger partial charge in [-0.3, -0.25) is 9.79 Å². The van der Waals surface area contributed by atoms with Gasteiger partial charge in [-0.15, -0.1) is 0 Å². The number of aliphatic imine (C=N–C) groups is 1. The van der Waals surface area contributed by atoms with Crippen molar-refractivity contribution in [2.45, 2.75) is 51.7 Å². The van der Waals surface area contributed by atoms with Gasteiger partial charge in [0, 0.05) is 17.8 Å². The average molecular weight is 438 g/mol. The number of amides is 1. The third kappa shape index (κ3) is 5.96. The monoisotopic (exact) mass is 437 g/mol. The van der Waals surface area contributed by atoms with E-state index in [4.69, 9.17) is 10.00 Å². The number of hydrogen-bond acceptors (Lipinski definition) is 6. The first-order valence-corrected chi connectivity index (χ1v) is 11.3. The Morgan fingerprint density at radius 3 is 2.81 bits per heavy atom. The lowest BCUT2D eigenvalue weighted by Crippen LogP contribution is -2.37. The molecule has 0 saturated heterocycles. The molecule has 1 aliphatic carbocycles. The molecular weight excluding hydrogens is 402 g/mol. The fourth-order valence-electron chi connectivity index (χ4n) is 3.90. The van der Waals surface area contributed by atoms with Crippen molar-refractivity contribution in [2.24, 2.45) is 10.9 Å². The number of rotatable bonds is 8. The Kier molecular flexibility index (Phi) is 7.70. The molecule has 2 unspecified atom stereocenters. The lowest BCUT2D eigenvalue weighted by atomic mass is 9.85. The molecular formula is C25H35N5O2. The second-order valence-corrected chi connectivity index (χ2v) is 9.50. The van der Waals surface area contributed by atoms with Gasteiger partial charge in [-0.25, -0.2) is 0 Å². The van der Waals surface area contributed by atoms with Crippen LogP contribution >= 0.6 is 0 Å². The Balaban J connectivity index is 1.86. The topological polar surface area (TPSA) is 89.8 Å². The largest absolute Gasteiger partial charge is 0.370 e. The summed E-state index contributed by atoms with van der Waals surface area (Å²) in [7, 11) is 4.07. The molecule has 172 valence electrons. The van der Waals surface area contributed by atoms with Gasteiger partial charge in [-0.2, -0.15) is 5.26 Å². The van der Waals surface area contributed by atoms with Crippen molar-refractivity contribution < 1.29 is 9.53 Å². The number of nitrogens with one attached hydrogen (secondary N) is 2. The highest BCUT2D eigenvalue weighted by molar-refractivity contribution is 6.42. The molecule has 2 aliphatic rings. The maximum Gasteiger partial charge on any atom is 0.290 e. The summed E-state index contributed by atoms with van der Waals surface area (Å²) in [6.07, 6.45) is 5.43. The molecule has 0 bridgehead atoms. The summed E-state index contributed by atoms with van der Waals surface area (Å²) in [5.74, 6) is 0.568. The molecule has 7 heteroatoms. The Labute approximate surface area is 191 Å². The zero-order valence-corrected chi connectivity index (χ0v) is 19.9. The minimum atomic E-state index is -0.451. The molecule has 0 saturated carbocycles. The van der Waals surface area contributed by atoms with Crippen LogP contribution in [0.4, 0.5) is 5.69 Å². The SMILES string of the molecule is CC1CC=C(c2cc(C(C)(C)OCCN(C)C)ccc2NC(=O)C2=NCC(C#N)N2)CC1. The van der Waals surface area contributed by atoms with Crippen molar-refractivity contribution in [3.05, 3.63) is 35.4 Å². The third-order valence-electron chi connectivity index (χ3n) is 6.10. The Bertz CT molecular complexity index is 942. The summed E-state index contributed by atoms with van der Waals surface area (Å²) in [5.41, 5.74) is 3.66. The van der Waals surface area contributed by atoms with Gasteiger partial charge in [0.05, 0.1) is 24.8 Å². The van der Waals surface area contributed by atoms with Crippen molar-refractivity contribution >= 4 is 23.0 Å². The first-order chi connectivity index (χ1) is 15.2. The first kappa shape index (κ1) is 24.0. The quantitative estimate of drug-likeness (QED) is 0.649. The van der Waals surface area contributed by atoms with E-state index in [1.165, 1.54) is 5.57 Å². The second kappa shape index (κ2) is 10.3. The van der Waals surface area contributed by atoms with E-state index in [0.717, 1.165) is 42.6 Å². The number of carbonyl (C=O) groups is 1. The van der Waals surface area contributed by atoms with Crippen molar-refractivity contribution in [1.29, 1.82) is 5.26 Å². The van der Waals surface area contributed by atoms with Crippen molar-refractivity contribution in [2.75, 3.05) is 39.1 Å². The number of allylic oxidation sites excluding steroid dienone is 2. The van der Waals surface area contributed by atoms with Crippen LogP contribution in [-0.4, -0.2) is 56.5 Å². The summed E-state index contributed by atoms with van der Waals surface area (Å²) in [6.45, 7) is 8.22. The van der Waals surface area contributed by atoms with Gasteiger partial charge < -0.3 is 20.3 Å². The number of hydrogen-bond donors (Lipinski definition) is 2. The van der Waals surface area contributed by atoms with Crippen molar-refractivity contribution in [1.82, 2.24) is 10.2 Å². The minimum absolute atomic E-state index is 0.213. The number of likely N-dealkylation sites (N-methyl/N-ethyl adjacent to an activating group) is 1. The van der Waals surface area contributed by atoms with Crippen LogP contribution in [0.15, 0.2) is 29.3 Å². The van der Waals surface area contributed by atoms with E-state index < -0.39 is 11.6 Å². The van der Waals surface area contributed by atoms with Crippen LogP contribution < -0.4 is 10.6 Å². The molecule has 1 amide bonds. The van der Waals surface area contributed by atoms with E-state index in [-0.39, 0.29) is 11.7 Å². The molecule has 1 aromatic rings. The van der Waals surface area contributed by atoms with Crippen molar-refractivity contribution in [3.63, 3.8) is 0 Å². The lowest BCUT2D eigenvalue weighted by molar-refractivity contribution is -0.110. The van der Waals surface area contributed by atoms with Crippen LogP contribution in [0.2, 0.25) is 0 Å². The van der Waals surface area contributed by atoms with E-state index in [0.29, 0.717) is 19.1 Å². The van der Waals surface area contributed by atoms with Gasteiger partial charge >= 0.3 is 0 Å². The van der Waals surface area contributed by atoms with Gasteiger partial charge in [0.1, 0.15) is 6.04 Å². The standard InChI is InChI=1S/C25H35N5O2/c1-17-6-8-18(9-7-17)21-14-19(25(2,3)32-13-12-30(4)5)10-11-22(21)29-24(31)23-27-16-20(15-26)28-23/h8,10-11,14,17,20H,6-7,9,12-13,16H2,1-5H3,(H,27,28)(H,29,31).